The Kier molecular flexibility index (Phi) is 3.82. The summed E-state index contributed by atoms with van der Waals surface area (Å²) in [6.45, 7) is 3.45. The van der Waals surface area contributed by atoms with Gasteiger partial charge in [-0.2, -0.15) is 0 Å². The molecule has 3 heterocycles. The Labute approximate surface area is 118 Å². The van der Waals surface area contributed by atoms with Crippen LogP contribution in [-0.4, -0.2) is 53.2 Å². The Morgan fingerprint density at radius 3 is 2.60 bits per heavy atom. The van der Waals surface area contributed by atoms with Crippen molar-refractivity contribution in [1.29, 1.82) is 0 Å². The molecule has 0 radical (unpaired) electrons. The van der Waals surface area contributed by atoms with Gasteiger partial charge in [0.25, 0.3) is 5.91 Å². The molecule has 2 saturated heterocycles. The largest absolute Gasteiger partial charge is 0.355 e. The van der Waals surface area contributed by atoms with E-state index in [4.69, 9.17) is 5.73 Å². The van der Waals surface area contributed by atoms with Crippen LogP contribution in [0.15, 0.2) is 12.1 Å². The van der Waals surface area contributed by atoms with E-state index in [-0.39, 0.29) is 11.9 Å². The maximum absolute atomic E-state index is 12.3. The molecule has 0 aromatic carbocycles. The van der Waals surface area contributed by atoms with Gasteiger partial charge in [-0.1, -0.05) is 0 Å². The molecule has 1 aromatic rings. The van der Waals surface area contributed by atoms with Crippen molar-refractivity contribution < 1.29 is 4.79 Å². The number of piperidine rings is 1. The van der Waals surface area contributed by atoms with Crippen molar-refractivity contribution in [3.05, 3.63) is 17.8 Å². The first-order valence-corrected chi connectivity index (χ1v) is 7.37. The SMILES string of the molecule is NC1CCCN(C(=O)c2ccc(N3CCCC3)nn2)C1. The number of carbonyl (C=O) groups is 1. The van der Waals surface area contributed by atoms with Gasteiger partial charge in [0.2, 0.25) is 0 Å². The van der Waals surface area contributed by atoms with Gasteiger partial charge in [0, 0.05) is 32.2 Å². The lowest BCUT2D eigenvalue weighted by Gasteiger charge is -2.30. The molecule has 1 aromatic heterocycles. The van der Waals surface area contributed by atoms with Crippen LogP contribution >= 0.6 is 0 Å². The Hall–Kier alpha value is -1.69. The number of likely N-dealkylation sites (tertiary alicyclic amines) is 1. The molecule has 2 aliphatic rings. The lowest BCUT2D eigenvalue weighted by Crippen LogP contribution is -2.46. The van der Waals surface area contributed by atoms with Crippen LogP contribution in [0.4, 0.5) is 5.82 Å². The van der Waals surface area contributed by atoms with E-state index in [1.54, 1.807) is 11.0 Å². The summed E-state index contributed by atoms with van der Waals surface area (Å²) in [5.74, 6) is 0.815. The fraction of sp³-hybridized carbons (Fsp3) is 0.643. The number of hydrogen-bond donors (Lipinski definition) is 1. The van der Waals surface area contributed by atoms with Crippen molar-refractivity contribution in [2.45, 2.75) is 31.7 Å². The number of amides is 1. The fourth-order valence-corrected chi connectivity index (χ4v) is 2.91. The van der Waals surface area contributed by atoms with Crippen LogP contribution in [0, 0.1) is 0 Å². The predicted molar refractivity (Wildman–Crippen MR) is 76.6 cm³/mol. The fourth-order valence-electron chi connectivity index (χ4n) is 2.91. The molecule has 0 aliphatic carbocycles. The summed E-state index contributed by atoms with van der Waals surface area (Å²) in [6, 6.07) is 3.77. The first-order valence-electron chi connectivity index (χ1n) is 7.37. The molecule has 1 unspecified atom stereocenters. The Morgan fingerprint density at radius 1 is 1.15 bits per heavy atom. The summed E-state index contributed by atoms with van der Waals surface area (Å²) in [7, 11) is 0. The summed E-state index contributed by atoms with van der Waals surface area (Å²) in [5.41, 5.74) is 6.33. The Balaban J connectivity index is 1.68. The molecule has 2 N–H and O–H groups in total. The molecule has 0 saturated carbocycles. The van der Waals surface area contributed by atoms with E-state index in [2.05, 4.69) is 15.1 Å². The molecule has 1 amide bonds. The molecule has 20 heavy (non-hydrogen) atoms. The smallest absolute Gasteiger partial charge is 0.274 e. The number of anilines is 1. The maximum atomic E-state index is 12.3. The third-order valence-electron chi connectivity index (χ3n) is 4.04. The topological polar surface area (TPSA) is 75.3 Å². The zero-order valence-corrected chi connectivity index (χ0v) is 11.7. The zero-order valence-electron chi connectivity index (χ0n) is 11.7. The number of nitrogens with zero attached hydrogens (tertiary/aromatic N) is 4. The third kappa shape index (κ3) is 2.75. The van der Waals surface area contributed by atoms with Gasteiger partial charge in [0.1, 0.15) is 0 Å². The molecule has 108 valence electrons. The molecule has 6 heteroatoms. The first-order chi connectivity index (χ1) is 9.74. The minimum atomic E-state index is -0.0550. The summed E-state index contributed by atoms with van der Waals surface area (Å²) >= 11 is 0. The number of hydrogen-bond acceptors (Lipinski definition) is 5. The summed E-state index contributed by atoms with van der Waals surface area (Å²) in [5, 5.41) is 8.29. The van der Waals surface area contributed by atoms with E-state index in [0.717, 1.165) is 38.3 Å². The average molecular weight is 275 g/mol. The molecule has 1 atom stereocenters. The lowest BCUT2D eigenvalue weighted by atomic mass is 10.1. The highest BCUT2D eigenvalue weighted by Crippen LogP contribution is 2.17. The van der Waals surface area contributed by atoms with Gasteiger partial charge in [0.15, 0.2) is 11.5 Å². The molecule has 3 rings (SSSR count). The summed E-state index contributed by atoms with van der Waals surface area (Å²) in [4.78, 5) is 16.3. The Bertz CT molecular complexity index is 469. The van der Waals surface area contributed by atoms with Gasteiger partial charge in [0.05, 0.1) is 0 Å². The van der Waals surface area contributed by atoms with Gasteiger partial charge >= 0.3 is 0 Å². The number of rotatable bonds is 2. The van der Waals surface area contributed by atoms with E-state index in [0.29, 0.717) is 12.2 Å². The number of nitrogens with two attached hydrogens (primary N) is 1. The minimum Gasteiger partial charge on any atom is -0.355 e. The zero-order chi connectivity index (χ0) is 13.9. The summed E-state index contributed by atoms with van der Waals surface area (Å²) in [6.07, 6.45) is 4.36. The molecule has 0 spiro atoms. The average Bonchev–Trinajstić information content (AvgIpc) is 3.01. The lowest BCUT2D eigenvalue weighted by molar-refractivity contribution is 0.0701. The Morgan fingerprint density at radius 2 is 1.95 bits per heavy atom. The molecule has 0 bridgehead atoms. The van der Waals surface area contributed by atoms with E-state index < -0.39 is 0 Å². The first kappa shape index (κ1) is 13.3. The predicted octanol–water partition coefficient (Wildman–Crippen LogP) is 0.640. The quantitative estimate of drug-likeness (QED) is 0.857. The van der Waals surface area contributed by atoms with Crippen molar-refractivity contribution in [2.24, 2.45) is 5.73 Å². The monoisotopic (exact) mass is 275 g/mol. The van der Waals surface area contributed by atoms with Gasteiger partial charge in [-0.15, -0.1) is 10.2 Å². The number of aromatic nitrogens is 2. The van der Waals surface area contributed by atoms with Crippen molar-refractivity contribution in [1.82, 2.24) is 15.1 Å². The maximum Gasteiger partial charge on any atom is 0.274 e. The van der Waals surface area contributed by atoms with E-state index in [9.17, 15) is 4.79 Å². The normalized spacial score (nSPS) is 23.1. The van der Waals surface area contributed by atoms with Gasteiger partial charge in [-0.3, -0.25) is 4.79 Å². The van der Waals surface area contributed by atoms with E-state index in [1.807, 2.05) is 6.07 Å². The molecular weight excluding hydrogens is 254 g/mol. The number of carbonyl (C=O) groups excluding carboxylic acids is 1. The van der Waals surface area contributed by atoms with Gasteiger partial charge in [-0.25, -0.2) is 0 Å². The highest BCUT2D eigenvalue weighted by molar-refractivity contribution is 5.92. The standard InChI is InChI=1S/C14H21N5O/c15-11-4-3-9-19(10-11)14(20)12-5-6-13(17-16-12)18-7-1-2-8-18/h5-6,11H,1-4,7-10,15H2. The van der Waals surface area contributed by atoms with Gasteiger partial charge in [-0.05, 0) is 37.8 Å². The minimum absolute atomic E-state index is 0.0550. The molecular formula is C14H21N5O. The molecule has 6 nitrogen and oxygen atoms in total. The highest BCUT2D eigenvalue weighted by atomic mass is 16.2. The molecule has 2 fully saturated rings. The highest BCUT2D eigenvalue weighted by Gasteiger charge is 2.23. The summed E-state index contributed by atoms with van der Waals surface area (Å²) < 4.78 is 0. The second-order valence-corrected chi connectivity index (χ2v) is 5.62. The van der Waals surface area contributed by atoms with Crippen molar-refractivity contribution in [2.75, 3.05) is 31.1 Å². The van der Waals surface area contributed by atoms with Crippen LogP contribution in [0.25, 0.3) is 0 Å². The van der Waals surface area contributed by atoms with E-state index in [1.165, 1.54) is 12.8 Å². The second-order valence-electron chi connectivity index (χ2n) is 5.62. The van der Waals surface area contributed by atoms with Crippen LogP contribution in [0.3, 0.4) is 0 Å². The van der Waals surface area contributed by atoms with Gasteiger partial charge < -0.3 is 15.5 Å². The molecule has 2 aliphatic heterocycles. The van der Waals surface area contributed by atoms with E-state index >= 15 is 0 Å². The third-order valence-corrected chi connectivity index (χ3v) is 4.04. The second kappa shape index (κ2) is 5.75. The van der Waals surface area contributed by atoms with Crippen LogP contribution in [-0.2, 0) is 0 Å². The van der Waals surface area contributed by atoms with Crippen LogP contribution in [0.5, 0.6) is 0 Å². The van der Waals surface area contributed by atoms with Crippen molar-refractivity contribution in [3.8, 4) is 0 Å². The van der Waals surface area contributed by atoms with Crippen LogP contribution in [0.2, 0.25) is 0 Å². The van der Waals surface area contributed by atoms with Crippen LogP contribution < -0.4 is 10.6 Å². The van der Waals surface area contributed by atoms with Crippen molar-refractivity contribution in [3.63, 3.8) is 0 Å². The van der Waals surface area contributed by atoms with Crippen molar-refractivity contribution >= 4 is 11.7 Å². The van der Waals surface area contributed by atoms with Crippen LogP contribution in [0.1, 0.15) is 36.2 Å².